The van der Waals surface area contributed by atoms with E-state index in [0.29, 0.717) is 38.4 Å². The number of nitriles is 1. The van der Waals surface area contributed by atoms with Crippen LogP contribution in [0, 0.1) is 17.2 Å². The summed E-state index contributed by atoms with van der Waals surface area (Å²) in [4.78, 5) is 30.2. The van der Waals surface area contributed by atoms with E-state index in [1.165, 1.54) is 6.20 Å². The van der Waals surface area contributed by atoms with Gasteiger partial charge in [0.2, 0.25) is 0 Å². The van der Waals surface area contributed by atoms with Gasteiger partial charge >= 0.3 is 12.1 Å². The third kappa shape index (κ3) is 6.84. The van der Waals surface area contributed by atoms with Crippen LogP contribution in [0.25, 0.3) is 27.5 Å². The van der Waals surface area contributed by atoms with Gasteiger partial charge in [-0.1, -0.05) is 11.3 Å². The molecule has 47 heavy (non-hydrogen) atoms. The molecule has 0 radical (unpaired) electrons. The van der Waals surface area contributed by atoms with Crippen molar-refractivity contribution in [2.24, 2.45) is 5.92 Å². The molecular weight excluding hydrogens is 620 g/mol. The van der Waals surface area contributed by atoms with Crippen molar-refractivity contribution in [3.63, 3.8) is 0 Å². The Balaban J connectivity index is 1.07. The highest BCUT2D eigenvalue weighted by molar-refractivity contribution is 7.14. The zero-order valence-electron chi connectivity index (χ0n) is 25.8. The summed E-state index contributed by atoms with van der Waals surface area (Å²) >= 11 is 1.58. The first-order valence-corrected chi connectivity index (χ1v) is 16.8. The molecule has 2 saturated carbocycles. The molecule has 0 bridgehead atoms. The molecule has 4 aromatic heterocycles. The van der Waals surface area contributed by atoms with E-state index in [9.17, 15) is 14.9 Å². The maximum absolute atomic E-state index is 12.7. The lowest BCUT2D eigenvalue weighted by atomic mass is 9.80. The van der Waals surface area contributed by atoms with Gasteiger partial charge in [-0.3, -0.25) is 4.98 Å². The number of nitrogens with zero attached hydrogens (tertiary/aromatic N) is 7. The minimum atomic E-state index is -1.00. The summed E-state index contributed by atoms with van der Waals surface area (Å²) in [5.74, 6) is 0.565. The average Bonchev–Trinajstić information content (AvgIpc) is 3.74. The van der Waals surface area contributed by atoms with Gasteiger partial charge in [-0.05, 0) is 68.7 Å². The predicted molar refractivity (Wildman–Crippen MR) is 174 cm³/mol. The fourth-order valence-corrected chi connectivity index (χ4v) is 7.67. The number of carbonyl (C=O) groups excluding carboxylic acids is 1. The Morgan fingerprint density at radius 3 is 2.64 bits per heavy atom. The van der Waals surface area contributed by atoms with Gasteiger partial charge in [0.15, 0.2) is 5.01 Å². The normalized spacial score (nSPS) is 22.7. The van der Waals surface area contributed by atoms with Gasteiger partial charge in [0.05, 0.1) is 47.4 Å². The van der Waals surface area contributed by atoms with Crippen LogP contribution in [0.2, 0.25) is 0 Å². The van der Waals surface area contributed by atoms with Crippen molar-refractivity contribution < 1.29 is 19.4 Å². The maximum Gasteiger partial charge on any atom is 0.404 e. The van der Waals surface area contributed by atoms with Crippen LogP contribution in [-0.4, -0.2) is 91.9 Å². The highest BCUT2D eigenvalue weighted by atomic mass is 32.1. The van der Waals surface area contributed by atoms with Crippen LogP contribution in [0.5, 0.6) is 0 Å². The van der Waals surface area contributed by atoms with E-state index in [0.717, 1.165) is 76.7 Å². The molecule has 5 heterocycles. The zero-order valence-corrected chi connectivity index (χ0v) is 26.6. The van der Waals surface area contributed by atoms with E-state index < -0.39 is 6.09 Å². The number of ether oxygens (including phenoxy) is 1. The summed E-state index contributed by atoms with van der Waals surface area (Å²) in [5, 5.41) is 43.1. The molecule has 0 spiro atoms. The molecule has 2 aliphatic carbocycles. The number of fused-ring (bicyclic) bond motifs is 1. The Labute approximate surface area is 275 Å². The minimum absolute atomic E-state index is 0.00212. The van der Waals surface area contributed by atoms with Crippen molar-refractivity contribution >= 4 is 34.7 Å². The number of rotatable bonds is 8. The molecule has 4 N–H and O–H groups in total. The SMILES string of the molecule is N#Cc1cnn2c(-c3cc(NC4CC(CNC(=O)O)C4)c(-c4nnc(C5CCC(NC(=O)N6CCOCC6)CC5)s4)cn3)ccc2c1. The predicted octanol–water partition coefficient (Wildman–Crippen LogP) is 4.31. The molecule has 4 aromatic rings. The summed E-state index contributed by atoms with van der Waals surface area (Å²) in [6.45, 7) is 2.88. The third-order valence-electron chi connectivity index (χ3n) is 9.31. The molecule has 14 nitrogen and oxygen atoms in total. The van der Waals surface area contributed by atoms with Crippen LogP contribution < -0.4 is 16.0 Å². The summed E-state index contributed by atoms with van der Waals surface area (Å²) in [6.07, 6.45) is 7.70. The van der Waals surface area contributed by atoms with Crippen LogP contribution in [0.3, 0.4) is 0 Å². The first-order chi connectivity index (χ1) is 22.9. The zero-order chi connectivity index (χ0) is 32.3. The van der Waals surface area contributed by atoms with Crippen LogP contribution >= 0.6 is 11.3 Å². The molecule has 1 aliphatic heterocycles. The van der Waals surface area contributed by atoms with Crippen molar-refractivity contribution in [2.75, 3.05) is 38.2 Å². The Morgan fingerprint density at radius 1 is 1.06 bits per heavy atom. The van der Waals surface area contributed by atoms with Gasteiger partial charge < -0.3 is 30.7 Å². The monoisotopic (exact) mass is 656 g/mol. The van der Waals surface area contributed by atoms with Crippen molar-refractivity contribution in [3.8, 4) is 28.0 Å². The number of urea groups is 1. The van der Waals surface area contributed by atoms with Gasteiger partial charge in [-0.25, -0.2) is 14.1 Å². The van der Waals surface area contributed by atoms with Gasteiger partial charge in [-0.15, -0.1) is 10.2 Å². The number of nitrogens with one attached hydrogen (secondary N) is 3. The van der Waals surface area contributed by atoms with Crippen LogP contribution in [0.1, 0.15) is 55.0 Å². The number of carbonyl (C=O) groups is 2. The standard InChI is InChI=1S/C32H36N10O4S/c33-15-20-13-24-5-6-28(42(24)36-17-20)27-14-26(37-23-11-19(12-23)16-35-32(44)45)25(18-34-27)30-40-39-29(47-30)21-1-3-22(4-2-21)38-31(43)41-7-9-46-10-8-41/h5-6,13-14,17-19,21-23,35H,1-4,7-12,16H2,(H,34,37)(H,38,43)(H,44,45). The van der Waals surface area contributed by atoms with Crippen molar-refractivity contribution in [2.45, 2.75) is 56.5 Å². The number of hydrogen-bond donors (Lipinski definition) is 4. The molecular formula is C32H36N10O4S. The molecule has 1 saturated heterocycles. The second-order valence-corrected chi connectivity index (χ2v) is 13.4. The molecule has 15 heteroatoms. The van der Waals surface area contributed by atoms with Crippen molar-refractivity contribution in [3.05, 3.63) is 47.2 Å². The highest BCUT2D eigenvalue weighted by Crippen LogP contribution is 2.40. The van der Waals surface area contributed by atoms with Crippen LogP contribution in [0.4, 0.5) is 15.3 Å². The van der Waals surface area contributed by atoms with Gasteiger partial charge in [0.25, 0.3) is 0 Å². The molecule has 7 rings (SSSR count). The largest absolute Gasteiger partial charge is 0.465 e. The first kappa shape index (κ1) is 30.8. The van der Waals surface area contributed by atoms with E-state index in [4.69, 9.17) is 14.8 Å². The number of pyridine rings is 1. The highest BCUT2D eigenvalue weighted by Gasteiger charge is 2.31. The molecule has 0 atom stereocenters. The molecule has 244 valence electrons. The number of anilines is 1. The quantitative estimate of drug-likeness (QED) is 0.213. The molecule has 0 unspecified atom stereocenters. The van der Waals surface area contributed by atoms with E-state index in [1.54, 1.807) is 21.9 Å². The number of carboxylic acid groups (broad SMARTS) is 1. The van der Waals surface area contributed by atoms with E-state index in [-0.39, 0.29) is 30.0 Å². The summed E-state index contributed by atoms with van der Waals surface area (Å²) in [6, 6.07) is 10.1. The smallest absolute Gasteiger partial charge is 0.404 e. The van der Waals surface area contributed by atoms with E-state index >= 15 is 0 Å². The lowest BCUT2D eigenvalue weighted by molar-refractivity contribution is 0.0521. The number of amides is 3. The molecule has 0 aromatic carbocycles. The first-order valence-electron chi connectivity index (χ1n) is 16.0. The van der Waals surface area contributed by atoms with Crippen LogP contribution in [-0.2, 0) is 4.74 Å². The topological polar surface area (TPSA) is 183 Å². The van der Waals surface area contributed by atoms with Crippen LogP contribution in [0.15, 0.2) is 36.7 Å². The van der Waals surface area contributed by atoms with Gasteiger partial charge in [0.1, 0.15) is 11.1 Å². The molecule has 3 fully saturated rings. The second-order valence-electron chi connectivity index (χ2n) is 12.4. The lowest BCUT2D eigenvalue weighted by Gasteiger charge is -2.36. The Hall–Kier alpha value is -4.81. The van der Waals surface area contributed by atoms with Crippen molar-refractivity contribution in [1.82, 2.24) is 40.3 Å². The molecule has 3 amide bonds. The summed E-state index contributed by atoms with van der Waals surface area (Å²) in [7, 11) is 0. The summed E-state index contributed by atoms with van der Waals surface area (Å²) < 4.78 is 7.13. The Kier molecular flexibility index (Phi) is 8.86. The summed E-state index contributed by atoms with van der Waals surface area (Å²) in [5.41, 5.74) is 4.55. The van der Waals surface area contributed by atoms with Crippen molar-refractivity contribution in [1.29, 1.82) is 5.26 Å². The van der Waals surface area contributed by atoms with Gasteiger partial charge in [-0.2, -0.15) is 10.4 Å². The Bertz CT molecular complexity index is 1800. The number of morpholine rings is 1. The van der Waals surface area contributed by atoms with Gasteiger partial charge in [0, 0.05) is 49.5 Å². The number of aromatic nitrogens is 5. The fraction of sp³-hybridized carbons (Fsp3) is 0.469. The van der Waals surface area contributed by atoms with E-state index in [2.05, 4.69) is 37.3 Å². The molecule has 3 aliphatic rings. The maximum atomic E-state index is 12.7. The lowest BCUT2D eigenvalue weighted by Crippen LogP contribution is -2.49. The third-order valence-corrected chi connectivity index (χ3v) is 10.4. The van der Waals surface area contributed by atoms with E-state index in [1.807, 2.05) is 29.3 Å². The Morgan fingerprint density at radius 2 is 1.87 bits per heavy atom. The second kappa shape index (κ2) is 13.5. The fourth-order valence-electron chi connectivity index (χ4n) is 6.64. The average molecular weight is 657 g/mol. The number of hydrogen-bond acceptors (Lipinski definition) is 10. The minimum Gasteiger partial charge on any atom is -0.465 e.